The average Bonchev–Trinajstić information content (AvgIpc) is 2.70. The summed E-state index contributed by atoms with van der Waals surface area (Å²) in [5.74, 6) is 0.346. The Morgan fingerprint density at radius 2 is 1.76 bits per heavy atom. The van der Waals surface area contributed by atoms with Crippen LogP contribution in [0.5, 0.6) is 5.75 Å². The summed E-state index contributed by atoms with van der Waals surface area (Å²) in [4.78, 5) is 28.6. The van der Waals surface area contributed by atoms with Crippen LogP contribution in [0.3, 0.4) is 0 Å². The van der Waals surface area contributed by atoms with E-state index in [1.807, 2.05) is 31.2 Å². The van der Waals surface area contributed by atoms with Crippen molar-refractivity contribution in [1.82, 2.24) is 0 Å². The fourth-order valence-corrected chi connectivity index (χ4v) is 3.35. The van der Waals surface area contributed by atoms with Gasteiger partial charge in [0.25, 0.3) is 0 Å². The molecule has 0 aliphatic rings. The van der Waals surface area contributed by atoms with Gasteiger partial charge in [0.15, 0.2) is 0 Å². The molecule has 0 fully saturated rings. The molecule has 0 aliphatic carbocycles. The number of para-hydroxylation sites is 2. The van der Waals surface area contributed by atoms with Crippen molar-refractivity contribution in [2.24, 2.45) is 0 Å². The monoisotopic (exact) mass is 397 g/mol. The van der Waals surface area contributed by atoms with Crippen LogP contribution in [-0.2, 0) is 9.59 Å². The molecule has 156 valence electrons. The van der Waals surface area contributed by atoms with Crippen molar-refractivity contribution in [2.45, 2.75) is 34.1 Å². The zero-order valence-corrected chi connectivity index (χ0v) is 18.0. The Balaban J connectivity index is 2.10. The van der Waals surface area contributed by atoms with Crippen LogP contribution in [0.15, 0.2) is 42.5 Å². The maximum Gasteiger partial charge on any atom is 0.226 e. The number of nitrogens with one attached hydrogen (secondary N) is 1. The molecule has 2 aromatic carbocycles. The first kappa shape index (κ1) is 22.3. The van der Waals surface area contributed by atoms with Crippen molar-refractivity contribution >= 4 is 28.9 Å². The summed E-state index contributed by atoms with van der Waals surface area (Å²) in [6.07, 6.45) is 0.189. The molecule has 0 saturated heterocycles. The van der Waals surface area contributed by atoms with Crippen molar-refractivity contribution in [3.63, 3.8) is 0 Å². The number of anilines is 3. The Kier molecular flexibility index (Phi) is 8.07. The van der Waals surface area contributed by atoms with Crippen molar-refractivity contribution in [3.05, 3.63) is 48.0 Å². The lowest BCUT2D eigenvalue weighted by atomic mass is 10.1. The highest BCUT2D eigenvalue weighted by Gasteiger charge is 2.17. The minimum Gasteiger partial charge on any atom is -0.495 e. The van der Waals surface area contributed by atoms with Gasteiger partial charge < -0.3 is 19.9 Å². The molecule has 0 atom stereocenters. The van der Waals surface area contributed by atoms with Crippen molar-refractivity contribution in [3.8, 4) is 5.75 Å². The third-order valence-corrected chi connectivity index (χ3v) is 4.92. The predicted molar refractivity (Wildman–Crippen MR) is 119 cm³/mol. The zero-order chi connectivity index (χ0) is 21.4. The van der Waals surface area contributed by atoms with Gasteiger partial charge in [0.05, 0.1) is 12.8 Å². The standard InChI is InChI=1S/C23H31N3O3/c1-6-25(7-2)19-12-13-21(17(3)16-19)26(18(4)27)15-14-23(28)24-20-10-8-9-11-22(20)29-5/h8-13,16H,6-7,14-15H2,1-5H3,(H,24,28). The Labute approximate surface area is 173 Å². The largest absolute Gasteiger partial charge is 0.495 e. The number of rotatable bonds is 9. The van der Waals surface area contributed by atoms with Crippen LogP contribution in [-0.4, -0.2) is 38.6 Å². The van der Waals surface area contributed by atoms with Crippen molar-refractivity contribution in [1.29, 1.82) is 0 Å². The Bertz CT molecular complexity index is 847. The van der Waals surface area contributed by atoms with E-state index in [2.05, 4.69) is 30.1 Å². The topological polar surface area (TPSA) is 61.9 Å². The number of benzene rings is 2. The maximum absolute atomic E-state index is 12.4. The third kappa shape index (κ3) is 5.73. The normalized spacial score (nSPS) is 10.4. The van der Waals surface area contributed by atoms with Crippen LogP contribution in [0.4, 0.5) is 17.1 Å². The summed E-state index contributed by atoms with van der Waals surface area (Å²) in [7, 11) is 1.56. The van der Waals surface area contributed by atoms with E-state index in [1.165, 1.54) is 6.92 Å². The molecule has 0 saturated carbocycles. The number of nitrogens with zero attached hydrogens (tertiary/aromatic N) is 2. The number of carbonyl (C=O) groups is 2. The van der Waals surface area contributed by atoms with E-state index in [0.29, 0.717) is 18.0 Å². The lowest BCUT2D eigenvalue weighted by Gasteiger charge is -2.26. The maximum atomic E-state index is 12.4. The van der Waals surface area contributed by atoms with E-state index in [9.17, 15) is 9.59 Å². The fraction of sp³-hybridized carbons (Fsp3) is 0.391. The highest BCUT2D eigenvalue weighted by atomic mass is 16.5. The van der Waals surface area contributed by atoms with Crippen LogP contribution >= 0.6 is 0 Å². The molecule has 1 N–H and O–H groups in total. The molecule has 0 unspecified atom stereocenters. The molecule has 6 heteroatoms. The van der Waals surface area contributed by atoms with Gasteiger partial charge >= 0.3 is 0 Å². The van der Waals surface area contributed by atoms with E-state index in [4.69, 9.17) is 4.74 Å². The van der Waals surface area contributed by atoms with E-state index in [0.717, 1.165) is 30.0 Å². The van der Waals surface area contributed by atoms with Gasteiger partial charge in [-0.15, -0.1) is 0 Å². The van der Waals surface area contributed by atoms with E-state index in [-0.39, 0.29) is 18.2 Å². The number of amides is 2. The molecule has 0 bridgehead atoms. The first-order chi connectivity index (χ1) is 13.9. The van der Waals surface area contributed by atoms with Crippen LogP contribution in [0.2, 0.25) is 0 Å². The van der Waals surface area contributed by atoms with Crippen molar-refractivity contribution in [2.75, 3.05) is 41.9 Å². The average molecular weight is 398 g/mol. The molecular weight excluding hydrogens is 366 g/mol. The molecule has 2 amide bonds. The second-order valence-electron chi connectivity index (χ2n) is 6.81. The van der Waals surface area contributed by atoms with Gasteiger partial charge in [-0.25, -0.2) is 0 Å². The highest BCUT2D eigenvalue weighted by Crippen LogP contribution is 2.27. The van der Waals surface area contributed by atoms with Gasteiger partial charge in [-0.3, -0.25) is 9.59 Å². The van der Waals surface area contributed by atoms with Crippen molar-refractivity contribution < 1.29 is 14.3 Å². The first-order valence-electron chi connectivity index (χ1n) is 9.97. The number of carbonyl (C=O) groups excluding carboxylic acids is 2. The summed E-state index contributed by atoms with van der Waals surface area (Å²) in [6, 6.07) is 13.3. The lowest BCUT2D eigenvalue weighted by molar-refractivity contribution is -0.117. The number of aryl methyl sites for hydroxylation is 1. The summed E-state index contributed by atoms with van der Waals surface area (Å²) in [5, 5.41) is 2.85. The van der Waals surface area contributed by atoms with Gasteiger partial charge in [-0.05, 0) is 56.7 Å². The minimum absolute atomic E-state index is 0.0891. The van der Waals surface area contributed by atoms with Crippen LogP contribution < -0.4 is 19.9 Å². The molecule has 6 nitrogen and oxygen atoms in total. The summed E-state index contributed by atoms with van der Waals surface area (Å²) in [5.41, 5.74) is 3.59. The van der Waals surface area contributed by atoms with Gasteiger partial charge in [0.2, 0.25) is 11.8 Å². The Morgan fingerprint density at radius 1 is 1.07 bits per heavy atom. The first-order valence-corrected chi connectivity index (χ1v) is 9.97. The molecule has 0 heterocycles. The van der Waals surface area contributed by atoms with Crippen LogP contribution in [0, 0.1) is 6.92 Å². The molecule has 0 aliphatic heterocycles. The number of hydrogen-bond acceptors (Lipinski definition) is 4. The fourth-order valence-electron chi connectivity index (χ4n) is 3.35. The smallest absolute Gasteiger partial charge is 0.226 e. The SMILES string of the molecule is CCN(CC)c1ccc(N(CCC(=O)Nc2ccccc2OC)C(C)=O)c(C)c1. The Morgan fingerprint density at radius 3 is 2.34 bits per heavy atom. The molecule has 0 radical (unpaired) electrons. The van der Waals surface area contributed by atoms with Crippen LogP contribution in [0.1, 0.15) is 32.8 Å². The number of methoxy groups -OCH3 is 1. The molecule has 0 aromatic heterocycles. The van der Waals surface area contributed by atoms with Crippen LogP contribution in [0.25, 0.3) is 0 Å². The number of ether oxygens (including phenoxy) is 1. The number of hydrogen-bond donors (Lipinski definition) is 1. The van der Waals surface area contributed by atoms with E-state index in [1.54, 1.807) is 24.1 Å². The van der Waals surface area contributed by atoms with Gasteiger partial charge in [0, 0.05) is 44.4 Å². The molecule has 2 rings (SSSR count). The molecule has 29 heavy (non-hydrogen) atoms. The summed E-state index contributed by atoms with van der Waals surface area (Å²) in [6.45, 7) is 9.92. The second-order valence-corrected chi connectivity index (χ2v) is 6.81. The zero-order valence-electron chi connectivity index (χ0n) is 18.0. The Hall–Kier alpha value is -3.02. The van der Waals surface area contributed by atoms with E-state index >= 15 is 0 Å². The summed E-state index contributed by atoms with van der Waals surface area (Å²) >= 11 is 0. The van der Waals surface area contributed by atoms with Gasteiger partial charge in [0.1, 0.15) is 5.75 Å². The van der Waals surface area contributed by atoms with Gasteiger partial charge in [-0.2, -0.15) is 0 Å². The molecule has 0 spiro atoms. The molecular formula is C23H31N3O3. The highest BCUT2D eigenvalue weighted by molar-refractivity contribution is 5.96. The van der Waals surface area contributed by atoms with Gasteiger partial charge in [-0.1, -0.05) is 12.1 Å². The second kappa shape index (κ2) is 10.5. The van der Waals surface area contributed by atoms with E-state index < -0.39 is 0 Å². The predicted octanol–water partition coefficient (Wildman–Crippen LogP) is 4.23. The minimum atomic E-state index is -0.168. The molecule has 2 aromatic rings. The summed E-state index contributed by atoms with van der Waals surface area (Å²) < 4.78 is 5.26. The third-order valence-electron chi connectivity index (χ3n) is 4.92. The quantitative estimate of drug-likeness (QED) is 0.688. The lowest BCUT2D eigenvalue weighted by Crippen LogP contribution is -2.32.